The molecule has 108 valence electrons. The van der Waals surface area contributed by atoms with Gasteiger partial charge in [0.1, 0.15) is 6.07 Å². The maximum atomic E-state index is 11.7. The molecule has 5 N–H and O–H groups in total. The summed E-state index contributed by atoms with van der Waals surface area (Å²) < 4.78 is 0. The molecular formula is C14H16N6O. The lowest BCUT2D eigenvalue weighted by molar-refractivity contribution is -0.122. The van der Waals surface area contributed by atoms with Crippen LogP contribution in [-0.2, 0) is 16.8 Å². The number of hydrogen-bond donors (Lipinski definition) is 4. The van der Waals surface area contributed by atoms with Gasteiger partial charge in [0.25, 0.3) is 0 Å². The second kappa shape index (κ2) is 5.25. The van der Waals surface area contributed by atoms with Gasteiger partial charge in [-0.1, -0.05) is 6.07 Å². The van der Waals surface area contributed by atoms with Crippen LogP contribution in [0, 0.1) is 16.7 Å². The second-order valence-electron chi connectivity index (χ2n) is 5.32. The topological polar surface area (TPSA) is 127 Å². The molecule has 0 radical (unpaired) electrons. The van der Waals surface area contributed by atoms with Crippen molar-refractivity contribution in [3.63, 3.8) is 0 Å². The summed E-state index contributed by atoms with van der Waals surface area (Å²) in [6.07, 6.45) is 0.301. The number of nitrogens with two attached hydrogens (primary N) is 1. The molecule has 0 aromatic heterocycles. The number of rotatable bonds is 3. The summed E-state index contributed by atoms with van der Waals surface area (Å²) in [5.74, 6) is -0.432. The van der Waals surface area contributed by atoms with E-state index < -0.39 is 11.4 Å². The van der Waals surface area contributed by atoms with E-state index in [0.717, 1.165) is 11.1 Å². The third-order valence-corrected chi connectivity index (χ3v) is 3.24. The number of amides is 1. The fraction of sp³-hybridized carbons (Fsp3) is 0.286. The van der Waals surface area contributed by atoms with Crippen molar-refractivity contribution in [2.75, 3.05) is 5.43 Å². The average molecular weight is 284 g/mol. The van der Waals surface area contributed by atoms with E-state index in [9.17, 15) is 4.79 Å². The lowest BCUT2D eigenvalue weighted by atomic mass is 9.85. The van der Waals surface area contributed by atoms with Crippen LogP contribution in [0.2, 0.25) is 0 Å². The molecule has 1 aromatic carbocycles. The Morgan fingerprint density at radius 1 is 1.57 bits per heavy atom. The summed E-state index contributed by atoms with van der Waals surface area (Å²) in [5.41, 5.74) is 9.88. The Hall–Kier alpha value is -2.88. The number of nitriles is 1. The zero-order chi connectivity index (χ0) is 15.6. The maximum absolute atomic E-state index is 11.7. The van der Waals surface area contributed by atoms with E-state index >= 15 is 0 Å². The van der Waals surface area contributed by atoms with Gasteiger partial charge in [-0.05, 0) is 37.1 Å². The highest BCUT2D eigenvalue weighted by Gasteiger charge is 2.30. The normalized spacial score (nSPS) is 16.4. The van der Waals surface area contributed by atoms with Crippen LogP contribution in [0.25, 0.3) is 0 Å². The van der Waals surface area contributed by atoms with Crippen LogP contribution in [0.3, 0.4) is 0 Å². The fourth-order valence-electron chi connectivity index (χ4n) is 2.32. The van der Waals surface area contributed by atoms with Crippen molar-refractivity contribution in [1.82, 2.24) is 5.32 Å². The first kappa shape index (κ1) is 14.5. The highest BCUT2D eigenvalue weighted by atomic mass is 16.1. The van der Waals surface area contributed by atoms with Crippen molar-refractivity contribution in [1.29, 1.82) is 10.7 Å². The minimum atomic E-state index is -0.413. The summed E-state index contributed by atoms with van der Waals surface area (Å²) in [7, 11) is 0. The number of amidine groups is 1. The highest BCUT2D eigenvalue weighted by molar-refractivity contribution is 6.45. The molecule has 0 saturated heterocycles. The minimum absolute atomic E-state index is 0.0328. The molecule has 1 heterocycles. The highest BCUT2D eigenvalue weighted by Crippen LogP contribution is 2.30. The minimum Gasteiger partial charge on any atom is -0.382 e. The average Bonchev–Trinajstić information content (AvgIpc) is 2.37. The molecule has 0 spiro atoms. The molecule has 2 rings (SSSR count). The first-order valence-electron chi connectivity index (χ1n) is 6.36. The Balaban J connectivity index is 2.30. The number of hydrazone groups is 1. The van der Waals surface area contributed by atoms with Gasteiger partial charge in [0.2, 0.25) is 11.6 Å². The van der Waals surface area contributed by atoms with Gasteiger partial charge in [-0.15, -0.1) is 0 Å². The standard InChI is InChI=1S/C14H16N6O/c1-14(2)10-4-3-9(5-8(10)6-12(21)18-14)19-20-11(7-15)13(16)17/h3-5,19H,6H2,1-2H3,(H3,16,17)(H,18,21)/b20-11+. The van der Waals surface area contributed by atoms with Crippen LogP contribution >= 0.6 is 0 Å². The molecule has 0 atom stereocenters. The summed E-state index contributed by atoms with van der Waals surface area (Å²) in [4.78, 5) is 11.7. The molecule has 1 aromatic rings. The maximum Gasteiger partial charge on any atom is 0.225 e. The molecule has 7 heteroatoms. The zero-order valence-corrected chi connectivity index (χ0v) is 11.8. The zero-order valence-electron chi connectivity index (χ0n) is 11.8. The Kier molecular flexibility index (Phi) is 3.63. The van der Waals surface area contributed by atoms with E-state index in [1.165, 1.54) is 0 Å². The molecular weight excluding hydrogens is 268 g/mol. The SMILES string of the molecule is CC1(C)NC(=O)Cc2cc(N/N=C(\C#N)C(=N)N)ccc21. The third kappa shape index (κ3) is 3.00. The molecule has 1 aliphatic rings. The smallest absolute Gasteiger partial charge is 0.225 e. The Morgan fingerprint density at radius 3 is 2.90 bits per heavy atom. The number of anilines is 1. The van der Waals surface area contributed by atoms with E-state index in [1.807, 2.05) is 26.0 Å². The summed E-state index contributed by atoms with van der Waals surface area (Å²) >= 11 is 0. The van der Waals surface area contributed by atoms with E-state index in [2.05, 4.69) is 15.8 Å². The van der Waals surface area contributed by atoms with Crippen molar-refractivity contribution in [2.45, 2.75) is 25.8 Å². The summed E-state index contributed by atoms with van der Waals surface area (Å²) in [5, 5.41) is 22.7. The lowest BCUT2D eigenvalue weighted by Gasteiger charge is -2.33. The van der Waals surface area contributed by atoms with Gasteiger partial charge in [0, 0.05) is 0 Å². The first-order valence-corrected chi connectivity index (χ1v) is 6.36. The van der Waals surface area contributed by atoms with Crippen LogP contribution in [-0.4, -0.2) is 17.5 Å². The van der Waals surface area contributed by atoms with Crippen LogP contribution in [0.5, 0.6) is 0 Å². The number of carbonyl (C=O) groups excluding carboxylic acids is 1. The van der Waals surface area contributed by atoms with Crippen LogP contribution in [0.4, 0.5) is 5.69 Å². The Bertz CT molecular complexity index is 683. The van der Waals surface area contributed by atoms with Gasteiger partial charge in [0.05, 0.1) is 17.6 Å². The van der Waals surface area contributed by atoms with Crippen molar-refractivity contribution in [2.24, 2.45) is 10.8 Å². The summed E-state index contributed by atoms with van der Waals surface area (Å²) in [6, 6.07) is 7.25. The third-order valence-electron chi connectivity index (χ3n) is 3.24. The molecule has 1 amide bonds. The lowest BCUT2D eigenvalue weighted by Crippen LogP contribution is -2.46. The number of carbonyl (C=O) groups is 1. The Labute approximate surface area is 122 Å². The van der Waals surface area contributed by atoms with E-state index in [4.69, 9.17) is 16.4 Å². The van der Waals surface area contributed by atoms with Gasteiger partial charge in [-0.25, -0.2) is 0 Å². The number of nitrogens with zero attached hydrogens (tertiary/aromatic N) is 2. The van der Waals surface area contributed by atoms with Crippen molar-refractivity contribution in [3.8, 4) is 6.07 Å². The fourth-order valence-corrected chi connectivity index (χ4v) is 2.32. The predicted octanol–water partition coefficient (Wildman–Crippen LogP) is 0.821. The number of fused-ring (bicyclic) bond motifs is 1. The van der Waals surface area contributed by atoms with Crippen LogP contribution < -0.4 is 16.5 Å². The largest absolute Gasteiger partial charge is 0.382 e. The number of nitrogens with one attached hydrogen (secondary N) is 3. The van der Waals surface area contributed by atoms with Gasteiger partial charge >= 0.3 is 0 Å². The molecule has 0 saturated carbocycles. The molecule has 0 fully saturated rings. The van der Waals surface area contributed by atoms with Crippen LogP contribution in [0.1, 0.15) is 25.0 Å². The van der Waals surface area contributed by atoms with Gasteiger partial charge in [0.15, 0.2) is 5.84 Å². The van der Waals surface area contributed by atoms with Crippen molar-refractivity contribution < 1.29 is 4.79 Å². The van der Waals surface area contributed by atoms with E-state index in [0.29, 0.717) is 12.1 Å². The molecule has 7 nitrogen and oxygen atoms in total. The first-order chi connectivity index (χ1) is 9.83. The van der Waals surface area contributed by atoms with E-state index in [1.54, 1.807) is 12.1 Å². The quantitative estimate of drug-likeness (QED) is 0.372. The van der Waals surface area contributed by atoms with Crippen LogP contribution in [0.15, 0.2) is 23.3 Å². The Morgan fingerprint density at radius 2 is 2.29 bits per heavy atom. The number of hydrogen-bond acceptors (Lipinski definition) is 5. The van der Waals surface area contributed by atoms with Gasteiger partial charge in [-0.2, -0.15) is 10.4 Å². The molecule has 21 heavy (non-hydrogen) atoms. The number of benzene rings is 1. The van der Waals surface area contributed by atoms with Gasteiger partial charge < -0.3 is 11.1 Å². The monoisotopic (exact) mass is 284 g/mol. The second-order valence-corrected chi connectivity index (χ2v) is 5.32. The van der Waals surface area contributed by atoms with Gasteiger partial charge in [-0.3, -0.25) is 15.6 Å². The molecule has 0 bridgehead atoms. The van der Waals surface area contributed by atoms with Crippen molar-refractivity contribution in [3.05, 3.63) is 29.3 Å². The summed E-state index contributed by atoms with van der Waals surface area (Å²) in [6.45, 7) is 3.88. The van der Waals surface area contributed by atoms with E-state index in [-0.39, 0.29) is 11.6 Å². The predicted molar refractivity (Wildman–Crippen MR) is 79.9 cm³/mol. The molecule has 0 aliphatic carbocycles. The molecule has 0 unspecified atom stereocenters. The molecule has 1 aliphatic heterocycles. The van der Waals surface area contributed by atoms with Crippen molar-refractivity contribution >= 4 is 23.1 Å².